The van der Waals surface area contributed by atoms with Gasteiger partial charge in [0.1, 0.15) is 0 Å². The molecule has 0 aliphatic carbocycles. The maximum absolute atomic E-state index is 11.8. The average molecular weight is 302 g/mol. The summed E-state index contributed by atoms with van der Waals surface area (Å²) in [6.07, 6.45) is -0.533. The summed E-state index contributed by atoms with van der Waals surface area (Å²) in [6, 6.07) is 8.01. The van der Waals surface area contributed by atoms with Crippen LogP contribution in [0, 0.1) is 0 Å². The smallest absolute Gasteiger partial charge is 0.325 e. The number of hydrogen-bond donors (Lipinski definition) is 4. The molecule has 4 N–H and O–H groups in total. The van der Waals surface area contributed by atoms with Gasteiger partial charge in [0.25, 0.3) is 5.91 Å². The molecule has 1 amide bonds. The molecule has 0 radical (unpaired) electrons. The Morgan fingerprint density at radius 2 is 1.85 bits per heavy atom. The van der Waals surface area contributed by atoms with Crippen LogP contribution in [-0.4, -0.2) is 49.6 Å². The zero-order valence-corrected chi connectivity index (χ0v) is 11.3. The van der Waals surface area contributed by atoms with Crippen LogP contribution in [0.3, 0.4) is 0 Å². The van der Waals surface area contributed by atoms with Gasteiger partial charge < -0.3 is 15.0 Å². The molecule has 1 aromatic carbocycles. The second kappa shape index (κ2) is 7.16. The molecular formula is C11H15N2O6P. The van der Waals surface area contributed by atoms with E-state index in [4.69, 9.17) is 15.0 Å². The van der Waals surface area contributed by atoms with Crippen molar-refractivity contribution in [3.8, 4) is 0 Å². The van der Waals surface area contributed by atoms with Gasteiger partial charge in [0.05, 0.1) is 6.16 Å². The highest BCUT2D eigenvalue weighted by Gasteiger charge is 2.21. The van der Waals surface area contributed by atoms with Gasteiger partial charge in [0, 0.05) is 12.1 Å². The van der Waals surface area contributed by atoms with Crippen molar-refractivity contribution in [3.05, 3.63) is 35.9 Å². The molecule has 0 aromatic heterocycles. The standard InChI is InChI=1S/C11H15N2O6P/c14-11(13(16)7-4-8-20(17,18)19)10(12-15)9-5-2-1-3-6-9/h1-3,5-6,15-16H,4,7-8H2,(H2,17,18,19)/b12-10+. The minimum absolute atomic E-state index is 0.0833. The highest BCUT2D eigenvalue weighted by atomic mass is 31.2. The Kier molecular flexibility index (Phi) is 5.84. The third kappa shape index (κ3) is 5.10. The number of oxime groups is 1. The summed E-state index contributed by atoms with van der Waals surface area (Å²) < 4.78 is 10.6. The van der Waals surface area contributed by atoms with Gasteiger partial charge in [-0.2, -0.15) is 0 Å². The number of hydroxylamine groups is 2. The summed E-state index contributed by atoms with van der Waals surface area (Å²) in [5, 5.41) is 21.5. The van der Waals surface area contributed by atoms with Gasteiger partial charge in [0.2, 0.25) is 0 Å². The van der Waals surface area contributed by atoms with E-state index >= 15 is 0 Å². The van der Waals surface area contributed by atoms with Crippen LogP contribution >= 0.6 is 7.60 Å². The summed E-state index contributed by atoms with van der Waals surface area (Å²) in [5.41, 5.74) is -0.0432. The molecule has 110 valence electrons. The van der Waals surface area contributed by atoms with Gasteiger partial charge in [-0.25, -0.2) is 5.06 Å². The number of nitrogens with zero attached hydrogens (tertiary/aromatic N) is 2. The van der Waals surface area contributed by atoms with Crippen molar-refractivity contribution < 1.29 is 29.6 Å². The molecule has 0 saturated carbocycles. The first kappa shape index (κ1) is 16.3. The number of rotatable bonds is 6. The minimum Gasteiger partial charge on any atom is -0.410 e. The monoisotopic (exact) mass is 302 g/mol. The Balaban J connectivity index is 2.66. The third-order valence-corrected chi connectivity index (χ3v) is 3.30. The van der Waals surface area contributed by atoms with Crippen LogP contribution in [-0.2, 0) is 9.36 Å². The Morgan fingerprint density at radius 1 is 1.25 bits per heavy atom. The number of amides is 1. The third-order valence-electron chi connectivity index (χ3n) is 2.40. The first-order valence-corrected chi connectivity index (χ1v) is 7.47. The van der Waals surface area contributed by atoms with Crippen LogP contribution in [0.5, 0.6) is 0 Å². The molecule has 0 saturated heterocycles. The fraction of sp³-hybridized carbons (Fsp3) is 0.273. The highest BCUT2D eigenvalue weighted by molar-refractivity contribution is 7.51. The maximum atomic E-state index is 11.8. The first-order chi connectivity index (χ1) is 9.35. The van der Waals surface area contributed by atoms with Gasteiger partial charge in [-0.15, -0.1) is 0 Å². The summed E-state index contributed by atoms with van der Waals surface area (Å²) >= 11 is 0. The van der Waals surface area contributed by atoms with Crippen molar-refractivity contribution in [2.75, 3.05) is 12.7 Å². The quantitative estimate of drug-likeness (QED) is 0.201. The minimum atomic E-state index is -4.17. The molecular weight excluding hydrogens is 287 g/mol. The lowest BCUT2D eigenvalue weighted by molar-refractivity contribution is -0.156. The molecule has 0 atom stereocenters. The number of carbonyl (C=O) groups is 1. The molecule has 0 aliphatic rings. The zero-order chi connectivity index (χ0) is 15.2. The molecule has 20 heavy (non-hydrogen) atoms. The lowest BCUT2D eigenvalue weighted by atomic mass is 10.1. The van der Waals surface area contributed by atoms with Crippen LogP contribution in [0.25, 0.3) is 0 Å². The predicted octanol–water partition coefficient (Wildman–Crippen LogP) is 0.650. The van der Waals surface area contributed by atoms with Crippen LogP contribution < -0.4 is 0 Å². The van der Waals surface area contributed by atoms with Gasteiger partial charge in [-0.05, 0) is 6.42 Å². The van der Waals surface area contributed by atoms with Crippen molar-refractivity contribution in [2.45, 2.75) is 6.42 Å². The molecule has 1 rings (SSSR count). The van der Waals surface area contributed by atoms with E-state index in [-0.39, 0.29) is 23.7 Å². The van der Waals surface area contributed by atoms with Crippen molar-refractivity contribution in [3.63, 3.8) is 0 Å². The van der Waals surface area contributed by atoms with Crippen molar-refractivity contribution in [1.82, 2.24) is 5.06 Å². The molecule has 0 aliphatic heterocycles. The van der Waals surface area contributed by atoms with E-state index in [2.05, 4.69) is 5.16 Å². The Morgan fingerprint density at radius 3 is 2.35 bits per heavy atom. The summed E-state index contributed by atoms with van der Waals surface area (Å²) in [5.74, 6) is -0.954. The summed E-state index contributed by atoms with van der Waals surface area (Å²) in [6.45, 7) is -0.282. The summed E-state index contributed by atoms with van der Waals surface area (Å²) in [7, 11) is -4.17. The van der Waals surface area contributed by atoms with Crippen molar-refractivity contribution in [2.24, 2.45) is 5.16 Å². The van der Waals surface area contributed by atoms with E-state index < -0.39 is 19.7 Å². The second-order valence-electron chi connectivity index (χ2n) is 3.98. The summed E-state index contributed by atoms with van der Waals surface area (Å²) in [4.78, 5) is 29.2. The van der Waals surface area contributed by atoms with Gasteiger partial charge in [-0.3, -0.25) is 14.6 Å². The zero-order valence-electron chi connectivity index (χ0n) is 10.5. The van der Waals surface area contributed by atoms with E-state index in [1.807, 2.05) is 0 Å². The Bertz CT molecular complexity index is 527. The molecule has 9 heteroatoms. The van der Waals surface area contributed by atoms with E-state index in [9.17, 15) is 14.6 Å². The Labute approximate surface area is 115 Å². The van der Waals surface area contributed by atoms with Crippen LogP contribution in [0.15, 0.2) is 35.5 Å². The van der Waals surface area contributed by atoms with Gasteiger partial charge >= 0.3 is 7.60 Å². The van der Waals surface area contributed by atoms with E-state index in [0.29, 0.717) is 5.56 Å². The number of benzene rings is 1. The van der Waals surface area contributed by atoms with E-state index in [1.54, 1.807) is 18.2 Å². The van der Waals surface area contributed by atoms with E-state index in [1.165, 1.54) is 12.1 Å². The van der Waals surface area contributed by atoms with E-state index in [0.717, 1.165) is 0 Å². The molecule has 8 nitrogen and oxygen atoms in total. The molecule has 1 aromatic rings. The van der Waals surface area contributed by atoms with Crippen LogP contribution in [0.4, 0.5) is 0 Å². The predicted molar refractivity (Wildman–Crippen MR) is 69.8 cm³/mol. The van der Waals surface area contributed by atoms with Crippen molar-refractivity contribution >= 4 is 19.2 Å². The number of carbonyl (C=O) groups excluding carboxylic acids is 1. The van der Waals surface area contributed by atoms with Crippen LogP contribution in [0.2, 0.25) is 0 Å². The first-order valence-electron chi connectivity index (χ1n) is 5.68. The Hall–Kier alpha value is -1.73. The van der Waals surface area contributed by atoms with Gasteiger partial charge in [0.15, 0.2) is 5.71 Å². The molecule has 0 fully saturated rings. The van der Waals surface area contributed by atoms with Gasteiger partial charge in [-0.1, -0.05) is 35.5 Å². The topological polar surface area (TPSA) is 131 Å². The lowest BCUT2D eigenvalue weighted by Gasteiger charge is -2.15. The lowest BCUT2D eigenvalue weighted by Crippen LogP contribution is -2.35. The largest absolute Gasteiger partial charge is 0.410 e. The number of hydrogen-bond acceptors (Lipinski definition) is 5. The fourth-order valence-electron chi connectivity index (χ4n) is 1.47. The second-order valence-corrected chi connectivity index (χ2v) is 5.76. The molecule has 0 heterocycles. The normalized spacial score (nSPS) is 12.2. The molecule has 0 unspecified atom stereocenters. The molecule has 0 bridgehead atoms. The molecule has 0 spiro atoms. The van der Waals surface area contributed by atoms with Crippen molar-refractivity contribution in [1.29, 1.82) is 0 Å². The fourth-order valence-corrected chi connectivity index (χ4v) is 2.02. The maximum Gasteiger partial charge on any atom is 0.325 e. The van der Waals surface area contributed by atoms with Crippen LogP contribution in [0.1, 0.15) is 12.0 Å². The SMILES string of the molecule is O=C(/C(=N/O)c1ccccc1)N(O)CCCP(=O)(O)O. The average Bonchev–Trinajstić information content (AvgIpc) is 2.39. The highest BCUT2D eigenvalue weighted by Crippen LogP contribution is 2.34.